The maximum Gasteiger partial charge on any atom is 0.417 e. The fraction of sp³-hybridized carbons (Fsp3) is 0.211. The third-order valence-corrected chi connectivity index (χ3v) is 4.33. The van der Waals surface area contributed by atoms with Crippen LogP contribution >= 0.6 is 0 Å². The van der Waals surface area contributed by atoms with Crippen LogP contribution in [0.2, 0.25) is 0 Å². The van der Waals surface area contributed by atoms with Gasteiger partial charge in [0.05, 0.1) is 11.3 Å². The Morgan fingerprint density at radius 3 is 2.31 bits per heavy atom. The van der Waals surface area contributed by atoms with Gasteiger partial charge in [0.25, 0.3) is 5.56 Å². The molecule has 2 aromatic carbocycles. The average molecular weight is 361 g/mol. The molecule has 4 nitrogen and oxygen atoms in total. The van der Waals surface area contributed by atoms with Gasteiger partial charge in [0.1, 0.15) is 0 Å². The van der Waals surface area contributed by atoms with Gasteiger partial charge in [0.15, 0.2) is 0 Å². The Bertz CT molecular complexity index is 1010. The van der Waals surface area contributed by atoms with Crippen LogP contribution in [0, 0.1) is 0 Å². The van der Waals surface area contributed by atoms with E-state index in [4.69, 9.17) is 0 Å². The number of anilines is 1. The summed E-state index contributed by atoms with van der Waals surface area (Å²) in [6.07, 6.45) is -4.50. The summed E-state index contributed by atoms with van der Waals surface area (Å²) in [6.45, 7) is 0. The molecule has 3 rings (SSSR count). The number of aromatic amines is 1. The van der Waals surface area contributed by atoms with E-state index in [1.807, 2.05) is 37.2 Å². The number of hydrazine groups is 1. The van der Waals surface area contributed by atoms with E-state index >= 15 is 0 Å². The van der Waals surface area contributed by atoms with Gasteiger partial charge in [0.2, 0.25) is 0 Å². The van der Waals surface area contributed by atoms with Gasteiger partial charge in [-0.05, 0) is 29.7 Å². The Balaban J connectivity index is 2.17. The number of halogens is 3. The van der Waals surface area contributed by atoms with Crippen molar-refractivity contribution in [1.82, 2.24) is 9.99 Å². The number of benzene rings is 2. The minimum absolute atomic E-state index is 0.0477. The molecular weight excluding hydrogens is 343 g/mol. The second kappa shape index (κ2) is 6.49. The molecule has 0 unspecified atom stereocenters. The average Bonchev–Trinajstić information content (AvgIpc) is 2.60. The van der Waals surface area contributed by atoms with Crippen molar-refractivity contribution in [3.63, 3.8) is 0 Å². The van der Waals surface area contributed by atoms with Crippen molar-refractivity contribution < 1.29 is 13.2 Å². The van der Waals surface area contributed by atoms with Crippen molar-refractivity contribution in [3.05, 3.63) is 64.4 Å². The molecule has 0 amide bonds. The molecule has 26 heavy (non-hydrogen) atoms. The van der Waals surface area contributed by atoms with Gasteiger partial charge in [0, 0.05) is 37.8 Å². The minimum atomic E-state index is -4.50. The number of nitrogens with one attached hydrogen (secondary N) is 1. The third-order valence-electron chi connectivity index (χ3n) is 4.33. The lowest BCUT2D eigenvalue weighted by molar-refractivity contribution is -0.137. The second-order valence-electron chi connectivity index (χ2n) is 6.20. The Morgan fingerprint density at radius 2 is 1.65 bits per heavy atom. The number of pyridine rings is 1. The molecule has 1 heterocycles. The lowest BCUT2D eigenvalue weighted by Crippen LogP contribution is -2.32. The zero-order valence-electron chi connectivity index (χ0n) is 14.6. The van der Waals surface area contributed by atoms with E-state index < -0.39 is 17.3 Å². The Morgan fingerprint density at radius 1 is 0.962 bits per heavy atom. The van der Waals surface area contributed by atoms with Crippen LogP contribution in [-0.2, 0) is 6.18 Å². The summed E-state index contributed by atoms with van der Waals surface area (Å²) in [5.74, 6) is 0. The molecule has 0 spiro atoms. The highest BCUT2D eigenvalue weighted by molar-refractivity contribution is 5.88. The molecular formula is C19H18F3N3O. The first-order valence-electron chi connectivity index (χ1n) is 7.93. The molecule has 0 radical (unpaired) electrons. The summed E-state index contributed by atoms with van der Waals surface area (Å²) >= 11 is 0. The summed E-state index contributed by atoms with van der Waals surface area (Å²) in [7, 11) is 5.58. The van der Waals surface area contributed by atoms with Gasteiger partial charge in [-0.25, -0.2) is 5.01 Å². The van der Waals surface area contributed by atoms with Crippen LogP contribution in [0.15, 0.2) is 53.3 Å². The molecule has 3 aromatic rings. The summed E-state index contributed by atoms with van der Waals surface area (Å²) in [4.78, 5) is 15.1. The maximum atomic E-state index is 13.3. The fourth-order valence-electron chi connectivity index (χ4n) is 2.79. The van der Waals surface area contributed by atoms with Crippen molar-refractivity contribution in [1.29, 1.82) is 0 Å². The number of alkyl halides is 3. The minimum Gasteiger partial charge on any atom is -0.321 e. The summed E-state index contributed by atoms with van der Waals surface area (Å²) in [5.41, 5.74) is -0.309. The van der Waals surface area contributed by atoms with Crippen LogP contribution in [-0.4, -0.2) is 31.1 Å². The standard InChI is InChI=1S/C19H18F3N3O/c1-24(2)25(3)13-9-8-12-10-17(23-18(26)15(12)11-13)14-6-4-5-7-16(14)19(20,21)22/h4-11H,1-3H3,(H,23,26). The smallest absolute Gasteiger partial charge is 0.321 e. The molecule has 0 saturated heterocycles. The number of nitrogens with zero attached hydrogens (tertiary/aromatic N) is 2. The lowest BCUT2D eigenvalue weighted by Gasteiger charge is -2.26. The second-order valence-corrected chi connectivity index (χ2v) is 6.20. The monoisotopic (exact) mass is 361 g/mol. The molecule has 136 valence electrons. The van der Waals surface area contributed by atoms with E-state index in [2.05, 4.69) is 4.98 Å². The van der Waals surface area contributed by atoms with Gasteiger partial charge in [-0.3, -0.25) is 4.79 Å². The largest absolute Gasteiger partial charge is 0.417 e. The van der Waals surface area contributed by atoms with Crippen molar-refractivity contribution >= 4 is 16.5 Å². The van der Waals surface area contributed by atoms with Crippen molar-refractivity contribution in [3.8, 4) is 11.3 Å². The topological polar surface area (TPSA) is 39.3 Å². The molecule has 0 aliphatic heterocycles. The van der Waals surface area contributed by atoms with E-state index in [0.717, 1.165) is 11.8 Å². The first-order chi connectivity index (χ1) is 12.2. The molecule has 0 aliphatic carbocycles. The van der Waals surface area contributed by atoms with Crippen molar-refractivity contribution in [2.75, 3.05) is 26.2 Å². The number of H-pyrrole nitrogens is 1. The Kier molecular flexibility index (Phi) is 4.50. The maximum absolute atomic E-state index is 13.3. The van der Waals surface area contributed by atoms with E-state index in [1.165, 1.54) is 18.2 Å². The van der Waals surface area contributed by atoms with E-state index in [1.54, 1.807) is 18.2 Å². The Hall–Kier alpha value is -2.80. The van der Waals surface area contributed by atoms with Crippen LogP contribution < -0.4 is 10.6 Å². The number of rotatable bonds is 3. The molecule has 1 aromatic heterocycles. The molecule has 7 heteroatoms. The van der Waals surface area contributed by atoms with Gasteiger partial charge >= 0.3 is 6.18 Å². The molecule has 0 bridgehead atoms. The first kappa shape index (κ1) is 18.0. The predicted molar refractivity (Wildman–Crippen MR) is 97.1 cm³/mol. The van der Waals surface area contributed by atoms with Gasteiger partial charge in [-0.1, -0.05) is 24.3 Å². The third kappa shape index (κ3) is 3.30. The Labute approximate surface area is 148 Å². The summed E-state index contributed by atoms with van der Waals surface area (Å²) in [6, 6.07) is 12.0. The zero-order valence-corrected chi connectivity index (χ0v) is 14.6. The zero-order chi connectivity index (χ0) is 19.1. The van der Waals surface area contributed by atoms with Crippen LogP contribution in [0.4, 0.5) is 18.9 Å². The van der Waals surface area contributed by atoms with Crippen molar-refractivity contribution in [2.24, 2.45) is 0 Å². The highest BCUT2D eigenvalue weighted by Crippen LogP contribution is 2.36. The van der Waals surface area contributed by atoms with Gasteiger partial charge in [-0.2, -0.15) is 13.2 Å². The molecule has 0 saturated carbocycles. The van der Waals surface area contributed by atoms with E-state index in [0.29, 0.717) is 10.8 Å². The molecule has 1 N–H and O–H groups in total. The van der Waals surface area contributed by atoms with Crippen LogP contribution in [0.25, 0.3) is 22.0 Å². The van der Waals surface area contributed by atoms with Crippen LogP contribution in [0.3, 0.4) is 0 Å². The van der Waals surface area contributed by atoms with Crippen LogP contribution in [0.1, 0.15) is 5.56 Å². The highest BCUT2D eigenvalue weighted by Gasteiger charge is 2.33. The highest BCUT2D eigenvalue weighted by atomic mass is 19.4. The number of aromatic nitrogens is 1. The van der Waals surface area contributed by atoms with E-state index in [9.17, 15) is 18.0 Å². The number of hydrogen-bond donors (Lipinski definition) is 1. The molecule has 0 aliphatic rings. The summed E-state index contributed by atoms with van der Waals surface area (Å²) in [5, 5.41) is 4.70. The first-order valence-corrected chi connectivity index (χ1v) is 7.93. The SMILES string of the molecule is CN(C)N(C)c1ccc2cc(-c3ccccc3C(F)(F)F)[nH]c(=O)c2c1. The van der Waals surface area contributed by atoms with Crippen molar-refractivity contribution in [2.45, 2.75) is 6.18 Å². The lowest BCUT2D eigenvalue weighted by atomic mass is 10.0. The van der Waals surface area contributed by atoms with Gasteiger partial charge in [-0.15, -0.1) is 0 Å². The quantitative estimate of drug-likeness (QED) is 0.713. The van der Waals surface area contributed by atoms with Gasteiger partial charge < -0.3 is 9.99 Å². The van der Waals surface area contributed by atoms with E-state index in [-0.39, 0.29) is 11.3 Å². The normalized spacial score (nSPS) is 12.0. The number of hydrogen-bond acceptors (Lipinski definition) is 3. The fourth-order valence-corrected chi connectivity index (χ4v) is 2.79. The number of fused-ring (bicyclic) bond motifs is 1. The summed E-state index contributed by atoms with van der Waals surface area (Å²) < 4.78 is 39.8. The molecule has 0 atom stereocenters. The van der Waals surface area contributed by atoms with Crippen LogP contribution in [0.5, 0.6) is 0 Å². The predicted octanol–water partition coefficient (Wildman–Crippen LogP) is 4.13. The molecule has 0 fully saturated rings.